The monoisotopic (exact) mass is 261 g/mol. The summed E-state index contributed by atoms with van der Waals surface area (Å²) in [6.07, 6.45) is 1.56. The van der Waals surface area contributed by atoms with Crippen LogP contribution >= 0.6 is 0 Å². The Labute approximate surface area is 110 Å². The van der Waals surface area contributed by atoms with Gasteiger partial charge in [0.05, 0.1) is 18.4 Å². The van der Waals surface area contributed by atoms with Crippen molar-refractivity contribution < 1.29 is 14.3 Å². The zero-order chi connectivity index (χ0) is 13.7. The van der Waals surface area contributed by atoms with Crippen LogP contribution in [0.5, 0.6) is 0 Å². The Hall–Kier alpha value is -2.37. The van der Waals surface area contributed by atoms with Crippen LogP contribution in [0.1, 0.15) is 23.2 Å². The number of piperidine rings is 1. The van der Waals surface area contributed by atoms with Crippen molar-refractivity contribution in [2.24, 2.45) is 5.10 Å². The van der Waals surface area contributed by atoms with E-state index in [9.17, 15) is 9.59 Å². The molecule has 1 saturated heterocycles. The zero-order valence-electron chi connectivity index (χ0n) is 10.6. The lowest BCUT2D eigenvalue weighted by Crippen LogP contribution is -2.37. The summed E-state index contributed by atoms with van der Waals surface area (Å²) in [5.41, 5.74) is 4.47. The molecule has 1 fully saturated rings. The molecule has 100 valence electrons. The molecule has 0 saturated carbocycles. The Morgan fingerprint density at radius 2 is 2.11 bits per heavy atom. The lowest BCUT2D eigenvalue weighted by Gasteiger charge is -2.13. The molecule has 2 rings (SSSR count). The third-order valence-corrected chi connectivity index (χ3v) is 2.76. The van der Waals surface area contributed by atoms with Crippen LogP contribution in [0.15, 0.2) is 29.4 Å². The van der Waals surface area contributed by atoms with Crippen molar-refractivity contribution in [1.29, 1.82) is 0 Å². The minimum Gasteiger partial charge on any atom is -0.465 e. The second-order valence-corrected chi connectivity index (χ2v) is 4.10. The third kappa shape index (κ3) is 3.31. The molecule has 0 unspecified atom stereocenters. The third-order valence-electron chi connectivity index (χ3n) is 2.76. The fourth-order valence-electron chi connectivity index (χ4n) is 1.71. The maximum Gasteiger partial charge on any atom is 0.337 e. The molecule has 0 aliphatic carbocycles. The van der Waals surface area contributed by atoms with Gasteiger partial charge in [0.1, 0.15) is 5.71 Å². The first kappa shape index (κ1) is 13.1. The van der Waals surface area contributed by atoms with E-state index in [0.717, 1.165) is 6.42 Å². The fraction of sp³-hybridized carbons (Fsp3) is 0.308. The van der Waals surface area contributed by atoms with E-state index in [4.69, 9.17) is 0 Å². The highest BCUT2D eigenvalue weighted by Crippen LogP contribution is 2.11. The second-order valence-electron chi connectivity index (χ2n) is 4.10. The van der Waals surface area contributed by atoms with Crippen LogP contribution in [0.4, 0.5) is 5.69 Å². The lowest BCUT2D eigenvalue weighted by atomic mass is 10.1. The molecule has 0 bridgehead atoms. The standard InChI is InChI=1S/C13H15N3O3/c1-19-13(18)9-4-6-10(7-5-9)15-16-11-3-2-8-14-12(11)17/h4-7,15H,2-3,8H2,1H3,(H,14,17)/b16-11-. The number of ether oxygens (including phenoxy) is 1. The second kappa shape index (κ2) is 5.99. The molecule has 0 atom stereocenters. The zero-order valence-corrected chi connectivity index (χ0v) is 10.6. The van der Waals surface area contributed by atoms with Crippen molar-refractivity contribution in [3.8, 4) is 0 Å². The van der Waals surface area contributed by atoms with Crippen LogP contribution < -0.4 is 10.7 Å². The molecule has 1 aromatic rings. The van der Waals surface area contributed by atoms with Gasteiger partial charge >= 0.3 is 5.97 Å². The SMILES string of the molecule is COC(=O)c1ccc(N/N=C2/CCCNC2=O)cc1. The predicted octanol–water partition coefficient (Wildman–Crippen LogP) is 1.15. The summed E-state index contributed by atoms with van der Waals surface area (Å²) in [5, 5.41) is 6.80. The van der Waals surface area contributed by atoms with Gasteiger partial charge in [-0.25, -0.2) is 4.79 Å². The van der Waals surface area contributed by atoms with Crippen LogP contribution in [-0.2, 0) is 9.53 Å². The lowest BCUT2D eigenvalue weighted by molar-refractivity contribution is -0.115. The Morgan fingerprint density at radius 1 is 1.37 bits per heavy atom. The minimum atomic E-state index is -0.385. The Kier molecular flexibility index (Phi) is 4.12. The van der Waals surface area contributed by atoms with E-state index < -0.39 is 0 Å². The average Bonchev–Trinajstić information content (AvgIpc) is 2.46. The summed E-state index contributed by atoms with van der Waals surface area (Å²) in [6.45, 7) is 0.700. The van der Waals surface area contributed by atoms with Gasteiger partial charge in [-0.2, -0.15) is 5.10 Å². The van der Waals surface area contributed by atoms with Crippen LogP contribution in [0.2, 0.25) is 0 Å². The number of anilines is 1. The number of esters is 1. The molecule has 1 amide bonds. The highest BCUT2D eigenvalue weighted by molar-refractivity contribution is 6.39. The summed E-state index contributed by atoms with van der Waals surface area (Å²) in [5.74, 6) is -0.519. The number of nitrogens with one attached hydrogen (secondary N) is 2. The fourth-order valence-corrected chi connectivity index (χ4v) is 1.71. The molecular weight excluding hydrogens is 246 g/mol. The van der Waals surface area contributed by atoms with E-state index in [1.54, 1.807) is 24.3 Å². The number of hydrazone groups is 1. The first-order valence-electron chi connectivity index (χ1n) is 6.00. The topological polar surface area (TPSA) is 79.8 Å². The first-order chi connectivity index (χ1) is 9.20. The molecule has 19 heavy (non-hydrogen) atoms. The first-order valence-corrected chi connectivity index (χ1v) is 6.00. The van der Waals surface area contributed by atoms with Crippen LogP contribution in [0.25, 0.3) is 0 Å². The molecule has 0 aromatic heterocycles. The number of carbonyl (C=O) groups excluding carboxylic acids is 2. The van der Waals surface area contributed by atoms with Crippen molar-refractivity contribution in [1.82, 2.24) is 5.32 Å². The molecule has 6 heteroatoms. The number of rotatable bonds is 3. The van der Waals surface area contributed by atoms with Crippen molar-refractivity contribution >= 4 is 23.3 Å². The van der Waals surface area contributed by atoms with Gasteiger partial charge < -0.3 is 10.1 Å². The number of hydrogen-bond donors (Lipinski definition) is 2. The smallest absolute Gasteiger partial charge is 0.337 e. The summed E-state index contributed by atoms with van der Waals surface area (Å²) in [7, 11) is 1.34. The van der Waals surface area contributed by atoms with Gasteiger partial charge in [-0.1, -0.05) is 0 Å². The Bertz CT molecular complexity index is 508. The number of hydrogen-bond acceptors (Lipinski definition) is 5. The molecular formula is C13H15N3O3. The average molecular weight is 261 g/mol. The van der Waals surface area contributed by atoms with E-state index in [2.05, 4.69) is 20.6 Å². The van der Waals surface area contributed by atoms with Gasteiger partial charge in [0.2, 0.25) is 0 Å². The molecule has 0 spiro atoms. The molecule has 1 aromatic carbocycles. The number of nitrogens with zero attached hydrogens (tertiary/aromatic N) is 1. The summed E-state index contributed by atoms with van der Waals surface area (Å²) in [4.78, 5) is 22.7. The largest absolute Gasteiger partial charge is 0.465 e. The summed E-state index contributed by atoms with van der Waals surface area (Å²) < 4.78 is 4.61. The number of amides is 1. The minimum absolute atomic E-state index is 0.134. The molecule has 2 N–H and O–H groups in total. The van der Waals surface area contributed by atoms with Gasteiger partial charge in [0.15, 0.2) is 0 Å². The van der Waals surface area contributed by atoms with E-state index in [1.165, 1.54) is 7.11 Å². The predicted molar refractivity (Wildman–Crippen MR) is 71.1 cm³/mol. The Balaban J connectivity index is 2.01. The van der Waals surface area contributed by atoms with Crippen molar-refractivity contribution in [3.63, 3.8) is 0 Å². The summed E-state index contributed by atoms with van der Waals surface area (Å²) in [6, 6.07) is 6.68. The number of carbonyl (C=O) groups is 2. The van der Waals surface area contributed by atoms with Gasteiger partial charge in [0.25, 0.3) is 5.91 Å². The maximum absolute atomic E-state index is 11.5. The highest BCUT2D eigenvalue weighted by Gasteiger charge is 2.15. The van der Waals surface area contributed by atoms with Gasteiger partial charge in [-0.3, -0.25) is 10.2 Å². The van der Waals surface area contributed by atoms with Crippen molar-refractivity contribution in [3.05, 3.63) is 29.8 Å². The highest BCUT2D eigenvalue weighted by atomic mass is 16.5. The molecule has 1 aliphatic rings. The van der Waals surface area contributed by atoms with Crippen LogP contribution in [0.3, 0.4) is 0 Å². The van der Waals surface area contributed by atoms with E-state index in [0.29, 0.717) is 29.9 Å². The summed E-state index contributed by atoms with van der Waals surface area (Å²) >= 11 is 0. The Morgan fingerprint density at radius 3 is 2.74 bits per heavy atom. The quantitative estimate of drug-likeness (QED) is 0.632. The van der Waals surface area contributed by atoms with Crippen molar-refractivity contribution in [2.75, 3.05) is 19.1 Å². The molecule has 6 nitrogen and oxygen atoms in total. The molecule has 1 heterocycles. The molecule has 1 aliphatic heterocycles. The van der Waals surface area contributed by atoms with E-state index >= 15 is 0 Å². The maximum atomic E-state index is 11.5. The van der Waals surface area contributed by atoms with Gasteiger partial charge in [0, 0.05) is 6.54 Å². The van der Waals surface area contributed by atoms with Gasteiger partial charge in [-0.15, -0.1) is 0 Å². The van der Waals surface area contributed by atoms with Crippen molar-refractivity contribution in [2.45, 2.75) is 12.8 Å². The van der Waals surface area contributed by atoms with Crippen LogP contribution in [-0.4, -0.2) is 31.2 Å². The van der Waals surface area contributed by atoms with E-state index in [-0.39, 0.29) is 11.9 Å². The molecule has 0 radical (unpaired) electrons. The van der Waals surface area contributed by atoms with Gasteiger partial charge in [-0.05, 0) is 37.1 Å². The number of benzene rings is 1. The van der Waals surface area contributed by atoms with E-state index in [1.807, 2.05) is 0 Å². The number of methoxy groups -OCH3 is 1. The normalized spacial score (nSPS) is 16.9. The van der Waals surface area contributed by atoms with Crippen LogP contribution in [0, 0.1) is 0 Å².